The fraction of sp³-hybridized carbons (Fsp3) is 0.364. The van der Waals surface area contributed by atoms with E-state index in [9.17, 15) is 9.18 Å². The minimum atomic E-state index is -0.531. The van der Waals surface area contributed by atoms with Crippen molar-refractivity contribution in [3.63, 3.8) is 0 Å². The predicted molar refractivity (Wildman–Crippen MR) is 61.2 cm³/mol. The molecular formula is C11H12ClFN2O. The molecule has 0 spiro atoms. The Labute approximate surface area is 98.0 Å². The molecule has 0 aliphatic heterocycles. The Morgan fingerprint density at radius 3 is 2.75 bits per heavy atom. The van der Waals surface area contributed by atoms with Crippen LogP contribution >= 0.6 is 11.6 Å². The molecule has 5 heteroatoms. The Morgan fingerprint density at radius 1 is 1.44 bits per heavy atom. The zero-order valence-electron chi connectivity index (χ0n) is 8.59. The molecule has 1 aliphatic carbocycles. The molecule has 16 heavy (non-hydrogen) atoms. The molecule has 0 saturated heterocycles. The van der Waals surface area contributed by atoms with E-state index in [2.05, 4.69) is 10.6 Å². The molecular weight excluding hydrogens is 231 g/mol. The minimum absolute atomic E-state index is 0.140. The van der Waals surface area contributed by atoms with Crippen LogP contribution in [0.15, 0.2) is 18.2 Å². The summed E-state index contributed by atoms with van der Waals surface area (Å²) in [6.07, 6.45) is 3.13. The smallest absolute Gasteiger partial charge is 0.319 e. The van der Waals surface area contributed by atoms with Crippen molar-refractivity contribution in [3.8, 4) is 0 Å². The maximum atomic E-state index is 13.3. The first-order valence-electron chi connectivity index (χ1n) is 5.18. The topological polar surface area (TPSA) is 41.1 Å². The van der Waals surface area contributed by atoms with Gasteiger partial charge in [-0.1, -0.05) is 11.6 Å². The molecule has 1 aliphatic rings. The molecule has 0 atom stereocenters. The first-order valence-corrected chi connectivity index (χ1v) is 5.55. The summed E-state index contributed by atoms with van der Waals surface area (Å²) in [5, 5.41) is 5.52. The average molecular weight is 243 g/mol. The normalized spacial score (nSPS) is 15.4. The Hall–Kier alpha value is -1.29. The molecule has 1 aromatic rings. The summed E-state index contributed by atoms with van der Waals surface area (Å²) >= 11 is 5.60. The van der Waals surface area contributed by atoms with E-state index in [0.717, 1.165) is 19.3 Å². The van der Waals surface area contributed by atoms with Crippen molar-refractivity contribution >= 4 is 23.3 Å². The summed E-state index contributed by atoms with van der Waals surface area (Å²) in [4.78, 5) is 11.4. The first kappa shape index (κ1) is 11.2. The Balaban J connectivity index is 1.94. The Kier molecular flexibility index (Phi) is 3.29. The van der Waals surface area contributed by atoms with Gasteiger partial charge in [0, 0.05) is 11.1 Å². The van der Waals surface area contributed by atoms with Crippen LogP contribution in [0, 0.1) is 5.82 Å². The van der Waals surface area contributed by atoms with E-state index in [1.165, 1.54) is 18.2 Å². The lowest BCUT2D eigenvalue weighted by atomic mass is 9.93. The third-order valence-electron chi connectivity index (χ3n) is 2.62. The van der Waals surface area contributed by atoms with Gasteiger partial charge in [0.15, 0.2) is 0 Å². The maximum Gasteiger partial charge on any atom is 0.319 e. The summed E-state index contributed by atoms with van der Waals surface area (Å²) in [6, 6.07) is 4.00. The van der Waals surface area contributed by atoms with E-state index in [-0.39, 0.29) is 17.8 Å². The third kappa shape index (κ3) is 2.64. The zero-order valence-corrected chi connectivity index (χ0v) is 9.35. The van der Waals surface area contributed by atoms with Crippen molar-refractivity contribution in [1.82, 2.24) is 5.32 Å². The molecule has 0 aromatic heterocycles. The number of halogens is 2. The third-order valence-corrected chi connectivity index (χ3v) is 2.85. The summed E-state index contributed by atoms with van der Waals surface area (Å²) in [5.41, 5.74) is 0.140. The molecule has 0 unspecified atom stereocenters. The van der Waals surface area contributed by atoms with E-state index in [4.69, 9.17) is 11.6 Å². The highest BCUT2D eigenvalue weighted by Crippen LogP contribution is 2.20. The minimum Gasteiger partial charge on any atom is -0.335 e. The van der Waals surface area contributed by atoms with Crippen LogP contribution in [0.2, 0.25) is 5.02 Å². The Morgan fingerprint density at radius 2 is 2.19 bits per heavy atom. The zero-order chi connectivity index (χ0) is 11.5. The SMILES string of the molecule is O=C(Nc1ccc(Cl)cc1F)NC1CCC1. The number of rotatable bonds is 2. The molecule has 2 rings (SSSR count). The van der Waals surface area contributed by atoms with Crippen LogP contribution in [0.3, 0.4) is 0 Å². The number of hydrogen-bond acceptors (Lipinski definition) is 1. The lowest BCUT2D eigenvalue weighted by molar-refractivity contribution is 0.240. The van der Waals surface area contributed by atoms with Crippen LogP contribution in [-0.4, -0.2) is 12.1 Å². The van der Waals surface area contributed by atoms with Gasteiger partial charge < -0.3 is 10.6 Å². The van der Waals surface area contributed by atoms with E-state index in [1.54, 1.807) is 0 Å². The van der Waals surface area contributed by atoms with Gasteiger partial charge in [0.2, 0.25) is 0 Å². The van der Waals surface area contributed by atoms with Gasteiger partial charge in [0.1, 0.15) is 5.82 Å². The molecule has 0 heterocycles. The number of anilines is 1. The van der Waals surface area contributed by atoms with Gasteiger partial charge in [0.25, 0.3) is 0 Å². The number of hydrogen-bond donors (Lipinski definition) is 2. The van der Waals surface area contributed by atoms with E-state index >= 15 is 0 Å². The fourth-order valence-electron chi connectivity index (χ4n) is 1.49. The highest BCUT2D eigenvalue weighted by molar-refractivity contribution is 6.30. The second-order valence-electron chi connectivity index (χ2n) is 3.85. The molecule has 0 radical (unpaired) electrons. The van der Waals surface area contributed by atoms with E-state index in [1.807, 2.05) is 0 Å². The van der Waals surface area contributed by atoms with Crippen LogP contribution < -0.4 is 10.6 Å². The Bertz CT molecular complexity index is 407. The van der Waals surface area contributed by atoms with Crippen molar-refractivity contribution in [3.05, 3.63) is 29.0 Å². The standard InChI is InChI=1S/C11H12ClFN2O/c12-7-4-5-10(9(13)6-7)15-11(16)14-8-2-1-3-8/h4-6,8H,1-3H2,(H2,14,15,16). The number of carbonyl (C=O) groups is 1. The van der Waals surface area contributed by atoms with Crippen molar-refractivity contribution in [1.29, 1.82) is 0 Å². The highest BCUT2D eigenvalue weighted by atomic mass is 35.5. The molecule has 3 nitrogen and oxygen atoms in total. The first-order chi connectivity index (χ1) is 7.65. The van der Waals surface area contributed by atoms with Gasteiger partial charge >= 0.3 is 6.03 Å². The molecule has 0 bridgehead atoms. The molecule has 1 aromatic carbocycles. The van der Waals surface area contributed by atoms with Gasteiger partial charge in [-0.2, -0.15) is 0 Å². The van der Waals surface area contributed by atoms with Crippen LogP contribution in [0.1, 0.15) is 19.3 Å². The molecule has 1 fully saturated rings. The monoisotopic (exact) mass is 242 g/mol. The van der Waals surface area contributed by atoms with Gasteiger partial charge in [-0.15, -0.1) is 0 Å². The molecule has 1 saturated carbocycles. The lowest BCUT2D eigenvalue weighted by Gasteiger charge is -2.26. The van der Waals surface area contributed by atoms with Gasteiger partial charge in [-0.05, 0) is 37.5 Å². The van der Waals surface area contributed by atoms with Crippen LogP contribution in [0.25, 0.3) is 0 Å². The van der Waals surface area contributed by atoms with Crippen LogP contribution in [0.5, 0.6) is 0 Å². The van der Waals surface area contributed by atoms with Gasteiger partial charge in [0.05, 0.1) is 5.69 Å². The van der Waals surface area contributed by atoms with Crippen molar-refractivity contribution in [2.45, 2.75) is 25.3 Å². The average Bonchev–Trinajstić information content (AvgIpc) is 2.16. The van der Waals surface area contributed by atoms with E-state index < -0.39 is 5.82 Å². The summed E-state index contributed by atoms with van der Waals surface area (Å²) in [6.45, 7) is 0. The highest BCUT2D eigenvalue weighted by Gasteiger charge is 2.19. The van der Waals surface area contributed by atoms with E-state index in [0.29, 0.717) is 5.02 Å². The number of urea groups is 1. The molecule has 2 N–H and O–H groups in total. The van der Waals surface area contributed by atoms with Gasteiger partial charge in [-0.25, -0.2) is 9.18 Å². The van der Waals surface area contributed by atoms with Crippen LogP contribution in [-0.2, 0) is 0 Å². The summed E-state index contributed by atoms with van der Waals surface area (Å²) < 4.78 is 13.3. The number of amides is 2. The fourth-order valence-corrected chi connectivity index (χ4v) is 1.65. The van der Waals surface area contributed by atoms with Crippen molar-refractivity contribution in [2.24, 2.45) is 0 Å². The maximum absolute atomic E-state index is 13.3. The number of benzene rings is 1. The van der Waals surface area contributed by atoms with Gasteiger partial charge in [-0.3, -0.25) is 0 Å². The largest absolute Gasteiger partial charge is 0.335 e. The van der Waals surface area contributed by atoms with Crippen molar-refractivity contribution < 1.29 is 9.18 Å². The van der Waals surface area contributed by atoms with Crippen LogP contribution in [0.4, 0.5) is 14.9 Å². The quantitative estimate of drug-likeness (QED) is 0.822. The molecule has 86 valence electrons. The lowest BCUT2D eigenvalue weighted by Crippen LogP contribution is -2.41. The predicted octanol–water partition coefficient (Wildman–Crippen LogP) is 3.15. The second kappa shape index (κ2) is 4.70. The molecule has 2 amide bonds. The van der Waals surface area contributed by atoms with Crippen molar-refractivity contribution in [2.75, 3.05) is 5.32 Å². The number of carbonyl (C=O) groups excluding carboxylic acids is 1. The number of nitrogens with one attached hydrogen (secondary N) is 2. The second-order valence-corrected chi connectivity index (χ2v) is 4.29. The summed E-state index contributed by atoms with van der Waals surface area (Å²) in [5.74, 6) is -0.531. The summed E-state index contributed by atoms with van der Waals surface area (Å²) in [7, 11) is 0.